The fourth-order valence-electron chi connectivity index (χ4n) is 7.27. The molecule has 11 rings (SSSR count). The van der Waals surface area contributed by atoms with E-state index >= 15 is 0 Å². The Morgan fingerprint density at radius 1 is 0.429 bits per heavy atom. The van der Waals surface area contributed by atoms with Crippen LogP contribution < -0.4 is 4.90 Å². The summed E-state index contributed by atoms with van der Waals surface area (Å²) in [4.78, 5) is 7.16. The molecule has 4 nitrogen and oxygen atoms in total. The lowest BCUT2D eigenvalue weighted by atomic mass is 10.1. The van der Waals surface area contributed by atoms with Crippen LogP contribution in [0.5, 0.6) is 0 Å². The normalized spacial score (nSPS) is 12.1. The van der Waals surface area contributed by atoms with Gasteiger partial charge in [-0.3, -0.25) is 0 Å². The Labute approximate surface area is 287 Å². The average Bonchev–Trinajstić information content (AvgIpc) is 3.92. The van der Waals surface area contributed by atoms with Crippen molar-refractivity contribution < 1.29 is 8.83 Å². The number of hydrogen-bond acceptors (Lipinski definition) is 6. The van der Waals surface area contributed by atoms with Crippen molar-refractivity contribution in [3.63, 3.8) is 0 Å². The van der Waals surface area contributed by atoms with Crippen LogP contribution in [0, 0.1) is 0 Å². The van der Waals surface area contributed by atoms with Crippen molar-refractivity contribution in [2.24, 2.45) is 0 Å². The molecule has 0 saturated heterocycles. The van der Waals surface area contributed by atoms with Gasteiger partial charge >= 0.3 is 0 Å². The first kappa shape index (κ1) is 27.0. The molecule has 0 aliphatic heterocycles. The Morgan fingerprint density at radius 2 is 1.06 bits per heavy atom. The van der Waals surface area contributed by atoms with Crippen LogP contribution >= 0.6 is 22.7 Å². The molecule has 230 valence electrons. The summed E-state index contributed by atoms with van der Waals surface area (Å²) < 4.78 is 17.9. The highest BCUT2D eigenvalue weighted by Crippen LogP contribution is 2.45. The summed E-state index contributed by atoms with van der Waals surface area (Å²) in [6.07, 6.45) is 0. The largest absolute Gasteiger partial charge is 0.456 e. The Balaban J connectivity index is 1.12. The van der Waals surface area contributed by atoms with Gasteiger partial charge in [0.2, 0.25) is 5.89 Å². The number of nitrogens with zero attached hydrogens (tertiary/aromatic N) is 2. The van der Waals surface area contributed by atoms with Gasteiger partial charge in [-0.05, 0) is 78.9 Å². The SMILES string of the molecule is c1ccc2oc(-c3cccc4oc5cc(N(c6ccc7c(c6)sc6ccccc67)c6ccc7sc8ccccc8c7c6)ccc5c34)nc2c1. The van der Waals surface area contributed by atoms with Crippen molar-refractivity contribution >= 4 is 113 Å². The minimum absolute atomic E-state index is 0.591. The van der Waals surface area contributed by atoms with E-state index in [9.17, 15) is 0 Å². The zero-order valence-electron chi connectivity index (χ0n) is 25.9. The molecule has 0 N–H and O–H groups in total. The van der Waals surface area contributed by atoms with Crippen LogP contribution in [0.4, 0.5) is 17.1 Å². The molecule has 49 heavy (non-hydrogen) atoms. The second kappa shape index (κ2) is 10.3. The molecule has 0 atom stereocenters. The topological polar surface area (TPSA) is 42.4 Å². The number of hydrogen-bond donors (Lipinski definition) is 0. The van der Waals surface area contributed by atoms with E-state index < -0.39 is 0 Å². The van der Waals surface area contributed by atoms with E-state index in [4.69, 9.17) is 13.8 Å². The number of furan rings is 1. The lowest BCUT2D eigenvalue weighted by molar-refractivity contribution is 0.620. The molecule has 11 aromatic rings. The third-order valence-electron chi connectivity index (χ3n) is 9.50. The molecule has 0 bridgehead atoms. The highest BCUT2D eigenvalue weighted by Gasteiger charge is 2.21. The Kier molecular flexibility index (Phi) is 5.67. The van der Waals surface area contributed by atoms with E-state index in [1.54, 1.807) is 0 Å². The number of benzene rings is 7. The van der Waals surface area contributed by atoms with Crippen molar-refractivity contribution in [2.75, 3.05) is 4.90 Å². The third kappa shape index (κ3) is 4.11. The Hall–Kier alpha value is -5.95. The average molecular weight is 665 g/mol. The number of thiophene rings is 2. The predicted octanol–water partition coefficient (Wildman–Crippen LogP) is 13.6. The number of rotatable bonds is 4. The van der Waals surface area contributed by atoms with Crippen LogP contribution in [0.25, 0.3) is 84.8 Å². The van der Waals surface area contributed by atoms with Crippen molar-refractivity contribution in [1.82, 2.24) is 4.98 Å². The monoisotopic (exact) mass is 664 g/mol. The van der Waals surface area contributed by atoms with Crippen molar-refractivity contribution in [2.45, 2.75) is 0 Å². The van der Waals surface area contributed by atoms with E-state index in [0.717, 1.165) is 55.7 Å². The number of aromatic nitrogens is 1. The van der Waals surface area contributed by atoms with Crippen LogP contribution in [-0.2, 0) is 0 Å². The number of anilines is 3. The van der Waals surface area contributed by atoms with Crippen LogP contribution in [0.1, 0.15) is 0 Å². The molecule has 7 aromatic carbocycles. The van der Waals surface area contributed by atoms with Crippen LogP contribution in [0.15, 0.2) is 154 Å². The van der Waals surface area contributed by atoms with Gasteiger partial charge in [-0.25, -0.2) is 4.98 Å². The Morgan fingerprint density at radius 3 is 1.92 bits per heavy atom. The van der Waals surface area contributed by atoms with Crippen molar-refractivity contribution in [1.29, 1.82) is 0 Å². The maximum atomic E-state index is 6.58. The van der Waals surface area contributed by atoms with Crippen LogP contribution in [0.3, 0.4) is 0 Å². The zero-order chi connectivity index (χ0) is 32.1. The molecule has 0 radical (unpaired) electrons. The molecule has 0 spiro atoms. The molecule has 0 aliphatic rings. The molecule has 0 saturated carbocycles. The number of oxazole rings is 1. The first-order valence-corrected chi connectivity index (χ1v) is 17.8. The lowest BCUT2D eigenvalue weighted by Crippen LogP contribution is -2.09. The summed E-state index contributed by atoms with van der Waals surface area (Å²) >= 11 is 3.68. The molecule has 0 aliphatic carbocycles. The van der Waals surface area contributed by atoms with Crippen LogP contribution in [-0.4, -0.2) is 4.98 Å². The van der Waals surface area contributed by atoms with Crippen LogP contribution in [0.2, 0.25) is 0 Å². The van der Waals surface area contributed by atoms with Gasteiger partial charge in [0.05, 0.1) is 0 Å². The molecule has 0 unspecified atom stereocenters. The van der Waals surface area contributed by atoms with E-state index in [1.807, 2.05) is 59.1 Å². The summed E-state index contributed by atoms with van der Waals surface area (Å²) in [7, 11) is 0. The van der Waals surface area contributed by atoms with Gasteiger partial charge in [-0.15, -0.1) is 22.7 Å². The zero-order valence-corrected chi connectivity index (χ0v) is 27.5. The highest BCUT2D eigenvalue weighted by molar-refractivity contribution is 7.26. The summed E-state index contributed by atoms with van der Waals surface area (Å²) in [5.74, 6) is 0.591. The predicted molar refractivity (Wildman–Crippen MR) is 207 cm³/mol. The van der Waals surface area contributed by atoms with E-state index in [0.29, 0.717) is 5.89 Å². The fourth-order valence-corrected chi connectivity index (χ4v) is 9.50. The van der Waals surface area contributed by atoms with Crippen molar-refractivity contribution in [3.05, 3.63) is 146 Å². The first-order valence-electron chi connectivity index (χ1n) is 16.2. The summed E-state index contributed by atoms with van der Waals surface area (Å²) in [6, 6.07) is 51.5. The van der Waals surface area contributed by atoms with Gasteiger partial charge in [-0.2, -0.15) is 0 Å². The van der Waals surface area contributed by atoms with E-state index in [2.05, 4.69) is 114 Å². The maximum Gasteiger partial charge on any atom is 0.228 e. The van der Waals surface area contributed by atoms with Gasteiger partial charge in [0.1, 0.15) is 16.7 Å². The summed E-state index contributed by atoms with van der Waals surface area (Å²) in [5, 5.41) is 7.15. The summed E-state index contributed by atoms with van der Waals surface area (Å²) in [6.45, 7) is 0. The smallest absolute Gasteiger partial charge is 0.228 e. The molecular weight excluding hydrogens is 641 g/mol. The van der Waals surface area contributed by atoms with Gasteiger partial charge in [-0.1, -0.05) is 60.7 Å². The maximum absolute atomic E-state index is 6.58. The molecule has 4 heterocycles. The van der Waals surface area contributed by atoms with Gasteiger partial charge < -0.3 is 13.7 Å². The minimum atomic E-state index is 0.591. The molecule has 4 aromatic heterocycles. The molecular formula is C43H24N2O2S2. The molecule has 0 fully saturated rings. The van der Waals surface area contributed by atoms with Gasteiger partial charge in [0.15, 0.2) is 5.58 Å². The number of para-hydroxylation sites is 2. The fraction of sp³-hybridized carbons (Fsp3) is 0. The first-order chi connectivity index (χ1) is 24.2. The quantitative estimate of drug-likeness (QED) is 0.188. The standard InChI is InChI=1S/C43H24N2O2S2/c1-5-14-38-28(8-1)30-19-16-27(24-41(30)49-38)45(25-18-21-40-33(22-25)29-9-2-6-15-39(29)48-40)26-17-20-31-37(23-26)46-36-13-7-10-32(42(31)36)43-44-34-11-3-4-12-35(34)47-43/h1-24H. The van der Waals surface area contributed by atoms with Gasteiger partial charge in [0, 0.05) is 79.8 Å². The molecule has 6 heteroatoms. The van der Waals surface area contributed by atoms with E-state index in [-0.39, 0.29) is 0 Å². The lowest BCUT2D eigenvalue weighted by Gasteiger charge is -2.25. The highest BCUT2D eigenvalue weighted by atomic mass is 32.1. The van der Waals surface area contributed by atoms with Crippen molar-refractivity contribution in [3.8, 4) is 11.5 Å². The number of fused-ring (bicyclic) bond motifs is 10. The second-order valence-electron chi connectivity index (χ2n) is 12.3. The van der Waals surface area contributed by atoms with Gasteiger partial charge in [0.25, 0.3) is 0 Å². The molecule has 0 amide bonds. The second-order valence-corrected chi connectivity index (χ2v) is 14.5. The van der Waals surface area contributed by atoms with E-state index in [1.165, 1.54) is 40.3 Å². The summed E-state index contributed by atoms with van der Waals surface area (Å²) in [5.41, 5.74) is 7.36. The minimum Gasteiger partial charge on any atom is -0.456 e. The Bertz CT molecular complexity index is 3060. The third-order valence-corrected chi connectivity index (χ3v) is 11.8.